The van der Waals surface area contributed by atoms with E-state index in [1.54, 1.807) is 30.3 Å². The number of rotatable bonds is 3. The van der Waals surface area contributed by atoms with Crippen molar-refractivity contribution in [2.75, 3.05) is 6.79 Å². The van der Waals surface area contributed by atoms with Crippen LogP contribution in [0.25, 0.3) is 16.7 Å². The predicted molar refractivity (Wildman–Crippen MR) is 113 cm³/mol. The van der Waals surface area contributed by atoms with Crippen molar-refractivity contribution in [2.24, 2.45) is 0 Å². The Hall–Kier alpha value is -4.33. The number of hydrogen-bond donors (Lipinski definition) is 2. The van der Waals surface area contributed by atoms with Crippen molar-refractivity contribution in [1.82, 2.24) is 20.4 Å². The number of aryl methyl sites for hydroxylation is 1. The molecular weight excluding hydrogens is 396 g/mol. The lowest BCUT2D eigenvalue weighted by Gasteiger charge is -2.09. The second-order valence-corrected chi connectivity index (χ2v) is 7.01. The Morgan fingerprint density at radius 2 is 1.55 bits per heavy atom. The van der Waals surface area contributed by atoms with Gasteiger partial charge in [-0.25, -0.2) is 4.98 Å². The van der Waals surface area contributed by atoms with Crippen LogP contribution in [-0.2, 0) is 0 Å². The van der Waals surface area contributed by atoms with Crippen molar-refractivity contribution in [3.63, 3.8) is 0 Å². The van der Waals surface area contributed by atoms with Gasteiger partial charge in [-0.3, -0.25) is 25.0 Å². The molecule has 0 saturated heterocycles. The lowest BCUT2D eigenvalue weighted by Crippen LogP contribution is -2.41. The summed E-state index contributed by atoms with van der Waals surface area (Å²) in [6.07, 6.45) is 0. The molecule has 2 N–H and O–H groups in total. The predicted octanol–water partition coefficient (Wildman–Crippen LogP) is 3.14. The third-order valence-electron chi connectivity index (χ3n) is 5.02. The van der Waals surface area contributed by atoms with Gasteiger partial charge in [-0.1, -0.05) is 18.2 Å². The molecule has 1 aromatic heterocycles. The summed E-state index contributed by atoms with van der Waals surface area (Å²) in [4.78, 5) is 29.5. The third-order valence-corrected chi connectivity index (χ3v) is 5.02. The number of carbonyl (C=O) groups is 2. The average Bonchev–Trinajstić information content (AvgIpc) is 3.39. The first-order valence-corrected chi connectivity index (χ1v) is 9.65. The molecule has 2 heterocycles. The lowest BCUT2D eigenvalue weighted by molar-refractivity contribution is 0.0846. The number of imidazole rings is 1. The summed E-state index contributed by atoms with van der Waals surface area (Å²) in [5.74, 6) is 0.989. The topological polar surface area (TPSA) is 94.5 Å². The second-order valence-electron chi connectivity index (χ2n) is 7.01. The molecule has 0 bridgehead atoms. The Labute approximate surface area is 177 Å². The lowest BCUT2D eigenvalue weighted by atomic mass is 10.2. The first kappa shape index (κ1) is 18.7. The van der Waals surface area contributed by atoms with Gasteiger partial charge in [0.25, 0.3) is 11.8 Å². The van der Waals surface area contributed by atoms with Gasteiger partial charge >= 0.3 is 0 Å². The Morgan fingerprint density at radius 3 is 2.32 bits per heavy atom. The molecule has 0 saturated carbocycles. The van der Waals surface area contributed by atoms with Gasteiger partial charge in [0.15, 0.2) is 11.5 Å². The molecule has 4 aromatic rings. The van der Waals surface area contributed by atoms with E-state index in [0.717, 1.165) is 17.0 Å². The van der Waals surface area contributed by atoms with Gasteiger partial charge in [0.1, 0.15) is 5.82 Å². The van der Waals surface area contributed by atoms with Crippen LogP contribution in [0.1, 0.15) is 26.5 Å². The maximum absolute atomic E-state index is 12.6. The normalized spacial score (nSPS) is 12.0. The summed E-state index contributed by atoms with van der Waals surface area (Å²) in [5.41, 5.74) is 8.17. The van der Waals surface area contributed by atoms with E-state index in [2.05, 4.69) is 15.8 Å². The Morgan fingerprint density at radius 1 is 0.871 bits per heavy atom. The third kappa shape index (κ3) is 3.44. The number of nitrogens with zero attached hydrogens (tertiary/aromatic N) is 2. The fourth-order valence-electron chi connectivity index (χ4n) is 3.54. The maximum atomic E-state index is 12.6. The summed E-state index contributed by atoms with van der Waals surface area (Å²) >= 11 is 0. The minimum Gasteiger partial charge on any atom is -0.454 e. The van der Waals surface area contributed by atoms with E-state index in [1.807, 2.05) is 47.9 Å². The molecule has 31 heavy (non-hydrogen) atoms. The summed E-state index contributed by atoms with van der Waals surface area (Å²) in [6, 6.07) is 19.9. The molecule has 8 nitrogen and oxygen atoms in total. The number of amides is 2. The summed E-state index contributed by atoms with van der Waals surface area (Å²) in [7, 11) is 0. The molecule has 0 unspecified atom stereocenters. The molecule has 2 amide bonds. The van der Waals surface area contributed by atoms with Crippen molar-refractivity contribution in [3.05, 3.63) is 83.7 Å². The van der Waals surface area contributed by atoms with Crippen LogP contribution < -0.4 is 20.3 Å². The van der Waals surface area contributed by atoms with E-state index in [9.17, 15) is 9.59 Å². The molecule has 5 rings (SSSR count). The maximum Gasteiger partial charge on any atom is 0.269 e. The minimum absolute atomic E-state index is 0.124. The summed E-state index contributed by atoms with van der Waals surface area (Å²) in [6.45, 7) is 2.04. The molecule has 0 radical (unpaired) electrons. The van der Waals surface area contributed by atoms with Crippen LogP contribution in [0.3, 0.4) is 0 Å². The van der Waals surface area contributed by atoms with Crippen molar-refractivity contribution >= 4 is 22.8 Å². The van der Waals surface area contributed by atoms with Gasteiger partial charge in [-0.05, 0) is 55.5 Å². The fourth-order valence-corrected chi connectivity index (χ4v) is 3.54. The quantitative estimate of drug-likeness (QED) is 0.503. The molecular formula is C23H18N4O4. The first-order valence-electron chi connectivity index (χ1n) is 9.65. The van der Waals surface area contributed by atoms with E-state index in [0.29, 0.717) is 28.1 Å². The number of fused-ring (bicyclic) bond motifs is 2. The van der Waals surface area contributed by atoms with Gasteiger partial charge in [-0.2, -0.15) is 0 Å². The van der Waals surface area contributed by atoms with Crippen LogP contribution in [0.15, 0.2) is 66.7 Å². The van der Waals surface area contributed by atoms with Crippen molar-refractivity contribution < 1.29 is 19.1 Å². The highest BCUT2D eigenvalue weighted by Gasteiger charge is 2.17. The van der Waals surface area contributed by atoms with Crippen LogP contribution in [0.2, 0.25) is 0 Å². The van der Waals surface area contributed by atoms with Crippen LogP contribution in [0.5, 0.6) is 11.5 Å². The summed E-state index contributed by atoms with van der Waals surface area (Å²) < 4.78 is 12.5. The average molecular weight is 414 g/mol. The number of aromatic nitrogens is 2. The monoisotopic (exact) mass is 414 g/mol. The smallest absolute Gasteiger partial charge is 0.269 e. The van der Waals surface area contributed by atoms with Gasteiger partial charge in [0, 0.05) is 16.8 Å². The highest BCUT2D eigenvalue weighted by atomic mass is 16.7. The highest BCUT2D eigenvalue weighted by Crippen LogP contribution is 2.32. The van der Waals surface area contributed by atoms with E-state index < -0.39 is 11.8 Å². The van der Waals surface area contributed by atoms with E-state index >= 15 is 0 Å². The van der Waals surface area contributed by atoms with E-state index in [-0.39, 0.29) is 6.79 Å². The number of hydrogen-bond acceptors (Lipinski definition) is 5. The first-order chi connectivity index (χ1) is 15.1. The Bertz CT molecular complexity index is 1310. The van der Waals surface area contributed by atoms with Gasteiger partial charge in [0.05, 0.1) is 11.0 Å². The SMILES string of the molecule is Cc1nc2cc(C(=O)NNC(=O)c3ccc4c(c3)OCO4)ccc2n1-c1ccccc1. The zero-order valence-electron chi connectivity index (χ0n) is 16.6. The molecule has 1 aliphatic rings. The fraction of sp³-hybridized carbons (Fsp3) is 0.0870. The summed E-state index contributed by atoms with van der Waals surface area (Å²) in [5, 5.41) is 0. The number of hydrazine groups is 1. The minimum atomic E-state index is -0.461. The molecule has 8 heteroatoms. The van der Waals surface area contributed by atoms with Crippen molar-refractivity contribution in [1.29, 1.82) is 0 Å². The van der Waals surface area contributed by atoms with Gasteiger partial charge in [0.2, 0.25) is 6.79 Å². The number of benzene rings is 3. The molecule has 154 valence electrons. The number of nitrogens with one attached hydrogen (secondary N) is 2. The van der Waals surface area contributed by atoms with E-state index in [1.165, 1.54) is 0 Å². The van der Waals surface area contributed by atoms with Crippen LogP contribution >= 0.6 is 0 Å². The molecule has 0 spiro atoms. The molecule has 0 atom stereocenters. The van der Waals surface area contributed by atoms with Crippen LogP contribution in [-0.4, -0.2) is 28.2 Å². The molecule has 0 fully saturated rings. The Balaban J connectivity index is 1.33. The standard InChI is InChI=1S/C23H18N4O4/c1-14-24-18-11-15(7-9-19(18)27(14)17-5-3-2-4-6-17)22(28)25-26-23(29)16-8-10-20-21(12-16)31-13-30-20/h2-12H,13H2,1H3,(H,25,28)(H,26,29). The van der Waals surface area contributed by atoms with Gasteiger partial charge in [-0.15, -0.1) is 0 Å². The van der Waals surface area contributed by atoms with Crippen LogP contribution in [0.4, 0.5) is 0 Å². The van der Waals surface area contributed by atoms with E-state index in [4.69, 9.17) is 9.47 Å². The largest absolute Gasteiger partial charge is 0.454 e. The highest BCUT2D eigenvalue weighted by molar-refractivity contribution is 6.01. The second kappa shape index (κ2) is 7.49. The molecule has 0 aliphatic carbocycles. The van der Waals surface area contributed by atoms with Gasteiger partial charge < -0.3 is 9.47 Å². The van der Waals surface area contributed by atoms with Crippen LogP contribution in [0, 0.1) is 6.92 Å². The Kier molecular flexibility index (Phi) is 4.51. The zero-order chi connectivity index (χ0) is 21.4. The zero-order valence-corrected chi connectivity index (χ0v) is 16.6. The number of ether oxygens (including phenoxy) is 2. The number of para-hydroxylation sites is 1. The van der Waals surface area contributed by atoms with Crippen molar-refractivity contribution in [3.8, 4) is 17.2 Å². The number of carbonyl (C=O) groups excluding carboxylic acids is 2. The molecule has 1 aliphatic heterocycles. The molecule has 3 aromatic carbocycles. The van der Waals surface area contributed by atoms with Crippen molar-refractivity contribution in [2.45, 2.75) is 6.92 Å².